The number of rotatable bonds is 5. The fourth-order valence-corrected chi connectivity index (χ4v) is 6.37. The van der Waals surface area contributed by atoms with Crippen molar-refractivity contribution in [3.05, 3.63) is 78.1 Å². The second-order valence-electron chi connectivity index (χ2n) is 8.13. The lowest BCUT2D eigenvalue weighted by atomic mass is 9.99. The van der Waals surface area contributed by atoms with Gasteiger partial charge in [-0.25, -0.2) is 26.4 Å². The zero-order chi connectivity index (χ0) is 25.4. The van der Waals surface area contributed by atoms with E-state index in [1.807, 2.05) is 6.92 Å². The molecule has 1 aliphatic heterocycles. The number of sulfonamides is 2. The Morgan fingerprint density at radius 3 is 2.03 bits per heavy atom. The number of anilines is 3. The Morgan fingerprint density at radius 2 is 1.49 bits per heavy atom. The van der Waals surface area contributed by atoms with E-state index >= 15 is 0 Å². The molecule has 0 radical (unpaired) electrons. The molecule has 35 heavy (non-hydrogen) atoms. The van der Waals surface area contributed by atoms with Crippen LogP contribution < -0.4 is 20.1 Å². The number of nitrogens with two attached hydrogens (primary N) is 1. The number of thiocarbonyl (C=S) groups is 1. The van der Waals surface area contributed by atoms with Crippen LogP contribution in [0.2, 0.25) is 0 Å². The average molecular weight is 535 g/mol. The van der Waals surface area contributed by atoms with Gasteiger partial charge >= 0.3 is 0 Å². The number of hydrogen-bond acceptors (Lipinski definition) is 5. The van der Waals surface area contributed by atoms with Gasteiger partial charge in [0, 0.05) is 17.4 Å². The van der Waals surface area contributed by atoms with Crippen molar-refractivity contribution in [1.29, 1.82) is 0 Å². The predicted octanol–water partition coefficient (Wildman–Crippen LogP) is 3.81. The van der Waals surface area contributed by atoms with Crippen LogP contribution in [0.4, 0.5) is 21.5 Å². The highest BCUT2D eigenvalue weighted by molar-refractivity contribution is 7.92. The molecule has 0 spiro atoms. The lowest BCUT2D eigenvalue weighted by molar-refractivity contribution is 0.560. The molecule has 0 saturated carbocycles. The number of fused-ring (bicyclic) bond motifs is 1. The van der Waals surface area contributed by atoms with Gasteiger partial charge in [-0.15, -0.1) is 0 Å². The van der Waals surface area contributed by atoms with Crippen molar-refractivity contribution in [3.63, 3.8) is 0 Å². The quantitative estimate of drug-likeness (QED) is 0.426. The molecule has 12 heteroatoms. The standard InChI is InChI=1S/C23H23FN4O4S3/c1-15-2-3-16-14-17(24)4-13-22(16)28(15)35(31,32)21-11-7-19(8-12-21)27-23(33)26-18-5-9-20(10-6-18)34(25,29)30/h4-15H,2-3H2,1H3,(H2,25,29,30)(H2,26,27,33)/t15-/m0/s1. The van der Waals surface area contributed by atoms with Crippen LogP contribution in [0.1, 0.15) is 18.9 Å². The fraction of sp³-hybridized carbons (Fsp3) is 0.174. The number of halogens is 1. The normalized spacial score (nSPS) is 15.9. The van der Waals surface area contributed by atoms with Crippen molar-refractivity contribution < 1.29 is 21.2 Å². The van der Waals surface area contributed by atoms with Crippen molar-refractivity contribution in [2.45, 2.75) is 35.6 Å². The second kappa shape index (κ2) is 9.53. The largest absolute Gasteiger partial charge is 0.332 e. The third-order valence-corrected chi connectivity index (χ3v) is 8.70. The molecule has 4 N–H and O–H groups in total. The number of nitrogens with zero attached hydrogens (tertiary/aromatic N) is 1. The summed E-state index contributed by atoms with van der Waals surface area (Å²) in [5.41, 5.74) is 2.25. The molecule has 8 nitrogen and oxygen atoms in total. The third kappa shape index (κ3) is 5.45. The summed E-state index contributed by atoms with van der Waals surface area (Å²) in [5.74, 6) is -0.393. The van der Waals surface area contributed by atoms with Gasteiger partial charge < -0.3 is 10.6 Å². The van der Waals surface area contributed by atoms with E-state index < -0.39 is 25.9 Å². The molecule has 3 aromatic carbocycles. The summed E-state index contributed by atoms with van der Waals surface area (Å²) in [6.07, 6.45) is 1.20. The van der Waals surface area contributed by atoms with E-state index in [-0.39, 0.29) is 20.9 Å². The maximum absolute atomic E-state index is 13.7. The second-order valence-corrected chi connectivity index (χ2v) is 11.9. The first-order valence-electron chi connectivity index (χ1n) is 10.6. The minimum atomic E-state index is -3.87. The van der Waals surface area contributed by atoms with Crippen LogP contribution in [-0.4, -0.2) is 28.0 Å². The van der Waals surface area contributed by atoms with Crippen molar-refractivity contribution in [3.8, 4) is 0 Å². The van der Waals surface area contributed by atoms with Crippen LogP contribution in [0.15, 0.2) is 76.5 Å². The number of benzene rings is 3. The van der Waals surface area contributed by atoms with E-state index in [0.717, 1.165) is 0 Å². The van der Waals surface area contributed by atoms with Crippen LogP contribution in [0, 0.1) is 5.82 Å². The third-order valence-electron chi connectivity index (χ3n) is 5.62. The molecule has 0 unspecified atom stereocenters. The average Bonchev–Trinajstić information content (AvgIpc) is 2.79. The Balaban J connectivity index is 1.48. The van der Waals surface area contributed by atoms with Crippen molar-refractivity contribution in [2.75, 3.05) is 14.9 Å². The molecule has 184 valence electrons. The minimum absolute atomic E-state index is 0.0190. The zero-order valence-corrected chi connectivity index (χ0v) is 21.1. The number of hydrogen-bond donors (Lipinski definition) is 3. The van der Waals surface area contributed by atoms with E-state index in [4.69, 9.17) is 17.4 Å². The monoisotopic (exact) mass is 534 g/mol. The molecule has 0 amide bonds. The predicted molar refractivity (Wildman–Crippen MR) is 138 cm³/mol. The van der Waals surface area contributed by atoms with Gasteiger partial charge in [0.2, 0.25) is 10.0 Å². The van der Waals surface area contributed by atoms with Gasteiger partial charge in [0.25, 0.3) is 10.0 Å². The Morgan fingerprint density at radius 1 is 0.943 bits per heavy atom. The van der Waals surface area contributed by atoms with E-state index in [1.165, 1.54) is 58.9 Å². The smallest absolute Gasteiger partial charge is 0.264 e. The van der Waals surface area contributed by atoms with Gasteiger partial charge in [-0.05, 0) is 104 Å². The van der Waals surface area contributed by atoms with E-state index in [0.29, 0.717) is 35.5 Å². The fourth-order valence-electron chi connectivity index (χ4n) is 3.90. The molecule has 3 aromatic rings. The van der Waals surface area contributed by atoms with E-state index in [1.54, 1.807) is 12.1 Å². The van der Waals surface area contributed by atoms with E-state index in [2.05, 4.69) is 10.6 Å². The highest BCUT2D eigenvalue weighted by atomic mass is 32.2. The molecular formula is C23H23FN4O4S3. The highest BCUT2D eigenvalue weighted by Crippen LogP contribution is 2.36. The molecule has 0 bridgehead atoms. The van der Waals surface area contributed by atoms with Crippen LogP contribution >= 0.6 is 12.2 Å². The van der Waals surface area contributed by atoms with Crippen LogP contribution in [0.5, 0.6) is 0 Å². The maximum atomic E-state index is 13.7. The summed E-state index contributed by atoms with van der Waals surface area (Å²) in [4.78, 5) is 0.0824. The lowest BCUT2D eigenvalue weighted by Gasteiger charge is -2.36. The summed E-state index contributed by atoms with van der Waals surface area (Å²) >= 11 is 5.28. The zero-order valence-electron chi connectivity index (χ0n) is 18.6. The SMILES string of the molecule is C[C@H]1CCc2cc(F)ccc2N1S(=O)(=O)c1ccc(NC(=S)Nc2ccc(S(N)(=O)=O)cc2)cc1. The number of primary sulfonamides is 1. The molecule has 1 aliphatic rings. The summed E-state index contributed by atoms with van der Waals surface area (Å²) in [7, 11) is -7.66. The van der Waals surface area contributed by atoms with Crippen LogP contribution in [-0.2, 0) is 26.5 Å². The van der Waals surface area contributed by atoms with Crippen LogP contribution in [0.3, 0.4) is 0 Å². The van der Waals surface area contributed by atoms with Gasteiger partial charge in [0.05, 0.1) is 15.5 Å². The molecule has 0 saturated heterocycles. The Kier molecular flexibility index (Phi) is 6.82. The van der Waals surface area contributed by atoms with Gasteiger partial charge in [0.1, 0.15) is 5.82 Å². The van der Waals surface area contributed by atoms with Gasteiger partial charge in [-0.3, -0.25) is 4.31 Å². The van der Waals surface area contributed by atoms with E-state index in [9.17, 15) is 21.2 Å². The Bertz CT molecular complexity index is 1480. The highest BCUT2D eigenvalue weighted by Gasteiger charge is 2.34. The van der Waals surface area contributed by atoms with Gasteiger partial charge in [-0.1, -0.05) is 0 Å². The molecule has 0 aliphatic carbocycles. The Hall–Kier alpha value is -3.06. The Labute approximate surface area is 209 Å². The molecule has 0 fully saturated rings. The van der Waals surface area contributed by atoms with Crippen molar-refractivity contribution in [2.24, 2.45) is 5.14 Å². The molecular weight excluding hydrogens is 511 g/mol. The molecule has 0 aromatic heterocycles. The molecule has 4 rings (SSSR count). The molecule has 1 atom stereocenters. The number of aryl methyl sites for hydroxylation is 1. The maximum Gasteiger partial charge on any atom is 0.264 e. The lowest BCUT2D eigenvalue weighted by Crippen LogP contribution is -2.42. The molecule has 1 heterocycles. The summed E-state index contributed by atoms with van der Waals surface area (Å²) in [6, 6.07) is 15.8. The first kappa shape index (κ1) is 25.0. The summed E-state index contributed by atoms with van der Waals surface area (Å²) < 4.78 is 64.6. The topological polar surface area (TPSA) is 122 Å². The first-order chi connectivity index (χ1) is 16.4. The van der Waals surface area contributed by atoms with Crippen molar-refractivity contribution >= 4 is 54.4 Å². The minimum Gasteiger partial charge on any atom is -0.332 e. The summed E-state index contributed by atoms with van der Waals surface area (Å²) in [6.45, 7) is 1.83. The van der Waals surface area contributed by atoms with Crippen LogP contribution in [0.25, 0.3) is 0 Å². The number of nitrogens with one attached hydrogen (secondary N) is 2. The van der Waals surface area contributed by atoms with Crippen molar-refractivity contribution in [1.82, 2.24) is 0 Å². The van der Waals surface area contributed by atoms with Gasteiger partial charge in [0.15, 0.2) is 5.11 Å². The summed E-state index contributed by atoms with van der Waals surface area (Å²) in [5, 5.41) is 11.2. The van der Waals surface area contributed by atoms with Gasteiger partial charge in [-0.2, -0.15) is 0 Å². The first-order valence-corrected chi connectivity index (χ1v) is 14.0.